The van der Waals surface area contributed by atoms with Crippen LogP contribution >= 0.6 is 0 Å². The summed E-state index contributed by atoms with van der Waals surface area (Å²) in [4.78, 5) is 14.5. The number of carbonyl (C=O) groups excluding carboxylic acids is 1. The molecule has 1 unspecified atom stereocenters. The van der Waals surface area contributed by atoms with E-state index in [4.69, 9.17) is 4.74 Å². The minimum absolute atomic E-state index is 0.0196. The molecule has 0 N–H and O–H groups in total. The van der Waals surface area contributed by atoms with Gasteiger partial charge in [0.1, 0.15) is 0 Å². The van der Waals surface area contributed by atoms with Crippen molar-refractivity contribution in [1.29, 1.82) is 0 Å². The van der Waals surface area contributed by atoms with Crippen LogP contribution in [0.25, 0.3) is 0 Å². The van der Waals surface area contributed by atoms with Crippen molar-refractivity contribution in [2.24, 2.45) is 11.8 Å². The molecule has 0 aromatic heterocycles. The number of esters is 1. The number of nitrogens with zero attached hydrogens (tertiary/aromatic N) is 1. The summed E-state index contributed by atoms with van der Waals surface area (Å²) in [5.41, 5.74) is 0. The van der Waals surface area contributed by atoms with Gasteiger partial charge in [-0.1, -0.05) is 25.7 Å². The molecule has 2 rings (SSSR count). The Labute approximate surface area is 111 Å². The lowest BCUT2D eigenvalue weighted by atomic mass is 9.90. The van der Waals surface area contributed by atoms with Crippen LogP contribution in [0.5, 0.6) is 0 Å². The van der Waals surface area contributed by atoms with E-state index in [-0.39, 0.29) is 11.9 Å². The molecular formula is C15H27NO2. The zero-order chi connectivity index (χ0) is 12.8. The van der Waals surface area contributed by atoms with Gasteiger partial charge in [0.15, 0.2) is 0 Å². The number of carbonyl (C=O) groups is 1. The van der Waals surface area contributed by atoms with Gasteiger partial charge in [-0.05, 0) is 44.7 Å². The molecule has 1 saturated heterocycles. The third-order valence-electron chi connectivity index (χ3n) is 4.63. The fourth-order valence-electron chi connectivity index (χ4n) is 3.52. The molecule has 1 saturated carbocycles. The van der Waals surface area contributed by atoms with E-state index in [1.54, 1.807) is 0 Å². The molecule has 1 aliphatic carbocycles. The Balaban J connectivity index is 1.92. The maximum Gasteiger partial charge on any atom is 0.310 e. The van der Waals surface area contributed by atoms with Gasteiger partial charge in [-0.3, -0.25) is 4.79 Å². The molecule has 0 aromatic carbocycles. The molecule has 18 heavy (non-hydrogen) atoms. The summed E-state index contributed by atoms with van der Waals surface area (Å²) in [6.07, 6.45) is 10.3. The highest BCUT2D eigenvalue weighted by Crippen LogP contribution is 2.33. The van der Waals surface area contributed by atoms with Crippen LogP contribution in [0.2, 0.25) is 0 Å². The number of rotatable bonds is 4. The molecule has 1 aliphatic heterocycles. The van der Waals surface area contributed by atoms with Gasteiger partial charge in [0.2, 0.25) is 0 Å². The number of ether oxygens (including phenoxy) is 1. The largest absolute Gasteiger partial charge is 0.469 e. The standard InChI is InChI=1S/C15H27NO2/c1-18-15(17)14(13-8-4-5-9-13)12-16-10-6-2-3-7-11-16/h13-14H,2-12H2,1H3. The van der Waals surface area contributed by atoms with E-state index in [0.717, 1.165) is 6.54 Å². The number of methoxy groups -OCH3 is 1. The summed E-state index contributed by atoms with van der Waals surface area (Å²) < 4.78 is 5.03. The molecule has 104 valence electrons. The maximum atomic E-state index is 12.0. The van der Waals surface area contributed by atoms with E-state index in [2.05, 4.69) is 4.90 Å². The Morgan fingerprint density at radius 3 is 2.28 bits per heavy atom. The van der Waals surface area contributed by atoms with Crippen LogP contribution in [0.1, 0.15) is 51.4 Å². The van der Waals surface area contributed by atoms with Crippen LogP contribution in [0, 0.1) is 11.8 Å². The Morgan fingerprint density at radius 2 is 1.72 bits per heavy atom. The fourth-order valence-corrected chi connectivity index (χ4v) is 3.52. The van der Waals surface area contributed by atoms with Crippen molar-refractivity contribution in [3.8, 4) is 0 Å². The zero-order valence-corrected chi connectivity index (χ0v) is 11.7. The first-order valence-electron chi connectivity index (χ1n) is 7.61. The van der Waals surface area contributed by atoms with E-state index in [9.17, 15) is 4.79 Å². The topological polar surface area (TPSA) is 29.5 Å². The second kappa shape index (κ2) is 7.13. The molecule has 0 bridgehead atoms. The molecular weight excluding hydrogens is 226 g/mol. The lowest BCUT2D eigenvalue weighted by Gasteiger charge is -2.28. The van der Waals surface area contributed by atoms with Crippen LogP contribution in [0.15, 0.2) is 0 Å². The molecule has 0 aromatic rings. The Kier molecular flexibility index (Phi) is 5.48. The maximum absolute atomic E-state index is 12.0. The molecule has 3 heteroatoms. The van der Waals surface area contributed by atoms with Crippen LogP contribution in [0.3, 0.4) is 0 Å². The van der Waals surface area contributed by atoms with Crippen molar-refractivity contribution < 1.29 is 9.53 Å². The van der Waals surface area contributed by atoms with E-state index >= 15 is 0 Å². The van der Waals surface area contributed by atoms with Crippen LogP contribution < -0.4 is 0 Å². The monoisotopic (exact) mass is 253 g/mol. The first-order valence-corrected chi connectivity index (χ1v) is 7.61. The van der Waals surface area contributed by atoms with E-state index < -0.39 is 0 Å². The smallest absolute Gasteiger partial charge is 0.310 e. The first kappa shape index (κ1) is 13.9. The van der Waals surface area contributed by atoms with Crippen LogP contribution in [0.4, 0.5) is 0 Å². The quantitative estimate of drug-likeness (QED) is 0.722. The van der Waals surface area contributed by atoms with Crippen molar-refractivity contribution in [2.75, 3.05) is 26.7 Å². The van der Waals surface area contributed by atoms with E-state index in [0.29, 0.717) is 5.92 Å². The normalized spacial score (nSPS) is 24.7. The third kappa shape index (κ3) is 3.71. The van der Waals surface area contributed by atoms with E-state index in [1.165, 1.54) is 71.6 Å². The molecule has 0 amide bonds. The van der Waals surface area contributed by atoms with Gasteiger partial charge in [0, 0.05) is 6.54 Å². The van der Waals surface area contributed by atoms with Crippen molar-refractivity contribution >= 4 is 5.97 Å². The van der Waals surface area contributed by atoms with Gasteiger partial charge in [-0.25, -0.2) is 0 Å². The average Bonchev–Trinajstić information content (AvgIpc) is 2.79. The highest BCUT2D eigenvalue weighted by Gasteiger charge is 2.32. The molecule has 1 atom stereocenters. The summed E-state index contributed by atoms with van der Waals surface area (Å²) in [6, 6.07) is 0. The van der Waals surface area contributed by atoms with E-state index in [1.807, 2.05) is 0 Å². The highest BCUT2D eigenvalue weighted by atomic mass is 16.5. The van der Waals surface area contributed by atoms with Crippen molar-refractivity contribution in [3.05, 3.63) is 0 Å². The number of hydrogen-bond acceptors (Lipinski definition) is 3. The molecule has 1 heterocycles. The van der Waals surface area contributed by atoms with Gasteiger partial charge in [-0.15, -0.1) is 0 Å². The Morgan fingerprint density at radius 1 is 1.11 bits per heavy atom. The highest BCUT2D eigenvalue weighted by molar-refractivity contribution is 5.73. The predicted molar refractivity (Wildman–Crippen MR) is 72.4 cm³/mol. The minimum Gasteiger partial charge on any atom is -0.469 e. The second-order valence-corrected chi connectivity index (χ2v) is 5.89. The summed E-state index contributed by atoms with van der Waals surface area (Å²) in [7, 11) is 1.53. The molecule has 2 aliphatic rings. The molecule has 0 radical (unpaired) electrons. The van der Waals surface area contributed by atoms with Crippen molar-refractivity contribution in [1.82, 2.24) is 4.90 Å². The Hall–Kier alpha value is -0.570. The zero-order valence-electron chi connectivity index (χ0n) is 11.7. The van der Waals surface area contributed by atoms with Gasteiger partial charge in [0.05, 0.1) is 13.0 Å². The summed E-state index contributed by atoms with van der Waals surface area (Å²) in [5, 5.41) is 0. The molecule has 3 nitrogen and oxygen atoms in total. The average molecular weight is 253 g/mol. The molecule has 0 spiro atoms. The molecule has 2 fully saturated rings. The fraction of sp³-hybridized carbons (Fsp3) is 0.933. The lowest BCUT2D eigenvalue weighted by Crippen LogP contribution is -2.37. The van der Waals surface area contributed by atoms with Gasteiger partial charge in [-0.2, -0.15) is 0 Å². The first-order chi connectivity index (χ1) is 8.81. The summed E-state index contributed by atoms with van der Waals surface area (Å²) >= 11 is 0. The lowest BCUT2D eigenvalue weighted by molar-refractivity contribution is -0.148. The second-order valence-electron chi connectivity index (χ2n) is 5.89. The summed E-state index contributed by atoms with van der Waals surface area (Å²) in [5.74, 6) is 0.711. The van der Waals surface area contributed by atoms with Gasteiger partial charge in [0.25, 0.3) is 0 Å². The van der Waals surface area contributed by atoms with Crippen LogP contribution in [-0.2, 0) is 9.53 Å². The van der Waals surface area contributed by atoms with Gasteiger partial charge >= 0.3 is 5.97 Å². The Bertz CT molecular complexity index is 253. The van der Waals surface area contributed by atoms with Gasteiger partial charge < -0.3 is 9.64 Å². The SMILES string of the molecule is COC(=O)C(CN1CCCCCC1)C1CCCC1. The minimum atomic E-state index is 0.0196. The van der Waals surface area contributed by atoms with Crippen molar-refractivity contribution in [2.45, 2.75) is 51.4 Å². The summed E-state index contributed by atoms with van der Waals surface area (Å²) in [6.45, 7) is 3.26. The number of likely N-dealkylation sites (tertiary alicyclic amines) is 1. The third-order valence-corrected chi connectivity index (χ3v) is 4.63. The number of hydrogen-bond donors (Lipinski definition) is 0. The predicted octanol–water partition coefficient (Wildman–Crippen LogP) is 2.84. The van der Waals surface area contributed by atoms with Crippen LogP contribution in [-0.4, -0.2) is 37.6 Å². The van der Waals surface area contributed by atoms with Crippen molar-refractivity contribution in [3.63, 3.8) is 0 Å².